The van der Waals surface area contributed by atoms with E-state index in [9.17, 15) is 0 Å². The summed E-state index contributed by atoms with van der Waals surface area (Å²) >= 11 is 4.87. The van der Waals surface area contributed by atoms with Crippen molar-refractivity contribution in [2.24, 2.45) is 0 Å². The molecule has 1 rings (SSSR count). The van der Waals surface area contributed by atoms with E-state index in [0.29, 0.717) is 0 Å². The lowest BCUT2D eigenvalue weighted by Gasteiger charge is -2.44. The third kappa shape index (κ3) is 3.72. The van der Waals surface area contributed by atoms with Gasteiger partial charge in [0.15, 0.2) is 0 Å². The Morgan fingerprint density at radius 2 is 1.85 bits per heavy atom. The van der Waals surface area contributed by atoms with Crippen molar-refractivity contribution in [3.8, 4) is 0 Å². The van der Waals surface area contributed by atoms with Crippen LogP contribution in [0.3, 0.4) is 0 Å². The maximum Gasteiger partial charge on any atom is 0.00816 e. The van der Waals surface area contributed by atoms with E-state index in [4.69, 9.17) is 11.7 Å². The van der Waals surface area contributed by atoms with E-state index in [1.807, 2.05) is 0 Å². The van der Waals surface area contributed by atoms with Gasteiger partial charge in [-0.2, -0.15) is 0 Å². The molecule has 0 aromatic heterocycles. The Hall–Kier alpha value is 0.660. The van der Waals surface area contributed by atoms with Gasteiger partial charge in [-0.05, 0) is 31.3 Å². The highest BCUT2D eigenvalue weighted by Gasteiger charge is 2.23. The van der Waals surface area contributed by atoms with Crippen molar-refractivity contribution in [2.45, 2.75) is 39.0 Å². The summed E-state index contributed by atoms with van der Waals surface area (Å²) in [5.74, 6) is 1.31. The number of unbranched alkanes of at least 4 members (excludes halogenated alkanes) is 1. The molecule has 1 aliphatic heterocycles. The van der Waals surface area contributed by atoms with Gasteiger partial charge < -0.3 is 0 Å². The molecule has 0 aromatic rings. The lowest BCUT2D eigenvalue weighted by Crippen LogP contribution is -2.31. The highest BCUT2D eigenvalue weighted by molar-refractivity contribution is 8.86. The zero-order valence-corrected chi connectivity index (χ0v) is 10.7. The van der Waals surface area contributed by atoms with Crippen LogP contribution in [0.15, 0.2) is 0 Å². The van der Waals surface area contributed by atoms with E-state index in [1.54, 1.807) is 0 Å². The molecular weight excluding hydrogens is 198 g/mol. The summed E-state index contributed by atoms with van der Waals surface area (Å²) in [6.07, 6.45) is 9.19. The molecule has 1 aliphatic rings. The maximum absolute atomic E-state index is 4.87. The topological polar surface area (TPSA) is 3.24 Å². The quantitative estimate of drug-likeness (QED) is 0.562. The highest BCUT2D eigenvalue weighted by Crippen LogP contribution is 2.53. The molecular formula is C10H23NS2. The molecule has 1 nitrogen and oxygen atoms in total. The zero-order valence-electron chi connectivity index (χ0n) is 8.96. The third-order valence-corrected chi connectivity index (χ3v) is 6.54. The van der Waals surface area contributed by atoms with Crippen LogP contribution in [0.2, 0.25) is 0 Å². The number of hydrogen-bond acceptors (Lipinski definition) is 2. The minimum absolute atomic E-state index is 0.718. The summed E-state index contributed by atoms with van der Waals surface area (Å²) < 4.78 is 2.63. The Morgan fingerprint density at radius 1 is 1.23 bits per heavy atom. The van der Waals surface area contributed by atoms with Gasteiger partial charge in [0, 0.05) is 13.1 Å². The summed E-state index contributed by atoms with van der Waals surface area (Å²) in [5, 5.41) is 0. The van der Waals surface area contributed by atoms with Crippen molar-refractivity contribution < 1.29 is 0 Å². The van der Waals surface area contributed by atoms with Crippen molar-refractivity contribution >= 4 is 20.9 Å². The molecule has 0 amide bonds. The zero-order chi connectivity index (χ0) is 9.73. The first-order valence-corrected chi connectivity index (χ1v) is 8.62. The summed E-state index contributed by atoms with van der Waals surface area (Å²) in [6, 6.07) is 0. The Kier molecular flexibility index (Phi) is 4.98. The first-order valence-electron chi connectivity index (χ1n) is 5.40. The number of hydrogen-bond donors (Lipinski definition) is 1. The second-order valence-electron chi connectivity index (χ2n) is 4.04. The van der Waals surface area contributed by atoms with Crippen LogP contribution in [0, 0.1) is 0 Å². The smallest absolute Gasteiger partial charge is 0.00816 e. The predicted molar refractivity (Wildman–Crippen MR) is 67.7 cm³/mol. The SMILES string of the molecule is CCCCS(C)(S)N1CCCCC1. The van der Waals surface area contributed by atoms with Crippen molar-refractivity contribution in [1.82, 2.24) is 4.31 Å². The summed E-state index contributed by atoms with van der Waals surface area (Å²) in [7, 11) is -0.718. The van der Waals surface area contributed by atoms with Crippen LogP contribution in [0.1, 0.15) is 39.0 Å². The summed E-state index contributed by atoms with van der Waals surface area (Å²) in [5.41, 5.74) is 0. The third-order valence-electron chi connectivity index (χ3n) is 2.76. The Morgan fingerprint density at radius 3 is 2.38 bits per heavy atom. The van der Waals surface area contributed by atoms with Gasteiger partial charge in [-0.3, -0.25) is 4.31 Å². The van der Waals surface area contributed by atoms with Crippen LogP contribution < -0.4 is 0 Å². The fraction of sp³-hybridized carbons (Fsp3) is 1.00. The molecule has 0 spiro atoms. The van der Waals surface area contributed by atoms with Crippen molar-refractivity contribution in [2.75, 3.05) is 25.1 Å². The molecule has 3 heteroatoms. The van der Waals surface area contributed by atoms with E-state index in [0.717, 1.165) is 0 Å². The van der Waals surface area contributed by atoms with Crippen LogP contribution >= 0.6 is 20.9 Å². The number of piperidine rings is 1. The molecule has 1 unspecified atom stereocenters. The highest BCUT2D eigenvalue weighted by atomic mass is 33.1. The van der Waals surface area contributed by atoms with Gasteiger partial charge in [0.25, 0.3) is 0 Å². The van der Waals surface area contributed by atoms with Gasteiger partial charge in [-0.25, -0.2) is 0 Å². The molecule has 1 heterocycles. The van der Waals surface area contributed by atoms with E-state index < -0.39 is 9.25 Å². The van der Waals surface area contributed by atoms with Gasteiger partial charge >= 0.3 is 0 Å². The van der Waals surface area contributed by atoms with E-state index >= 15 is 0 Å². The minimum atomic E-state index is -0.718. The molecule has 0 N–H and O–H groups in total. The minimum Gasteiger partial charge on any atom is -0.260 e. The molecule has 0 aromatic carbocycles. The van der Waals surface area contributed by atoms with Crippen LogP contribution in [-0.2, 0) is 0 Å². The molecule has 0 radical (unpaired) electrons. The van der Waals surface area contributed by atoms with Crippen molar-refractivity contribution in [1.29, 1.82) is 0 Å². The van der Waals surface area contributed by atoms with Gasteiger partial charge in [-0.15, -0.1) is 20.9 Å². The van der Waals surface area contributed by atoms with E-state index in [-0.39, 0.29) is 0 Å². The second kappa shape index (κ2) is 5.52. The van der Waals surface area contributed by atoms with Crippen LogP contribution in [-0.4, -0.2) is 29.4 Å². The summed E-state index contributed by atoms with van der Waals surface area (Å²) in [4.78, 5) is 0. The summed E-state index contributed by atoms with van der Waals surface area (Å²) in [6.45, 7) is 4.84. The second-order valence-corrected chi connectivity index (χ2v) is 9.31. The monoisotopic (exact) mass is 221 g/mol. The van der Waals surface area contributed by atoms with Gasteiger partial charge in [-0.1, -0.05) is 19.8 Å². The molecule has 0 saturated carbocycles. The first kappa shape index (κ1) is 11.7. The maximum atomic E-state index is 4.87. The number of rotatable bonds is 4. The normalized spacial score (nSPS) is 26.7. The molecule has 1 saturated heterocycles. The molecule has 1 atom stereocenters. The fourth-order valence-corrected chi connectivity index (χ4v) is 4.82. The number of nitrogens with zero attached hydrogens (tertiary/aromatic N) is 1. The standard InChI is InChI=1S/C10H23NS2/c1-3-4-10-13(2,12)11-8-6-5-7-9-11/h12H,3-10H2,1-2H3. The van der Waals surface area contributed by atoms with Crippen LogP contribution in [0.5, 0.6) is 0 Å². The Labute approximate surface area is 89.5 Å². The van der Waals surface area contributed by atoms with Crippen LogP contribution in [0.4, 0.5) is 0 Å². The van der Waals surface area contributed by atoms with Crippen LogP contribution in [0.25, 0.3) is 0 Å². The fourth-order valence-electron chi connectivity index (χ4n) is 1.81. The van der Waals surface area contributed by atoms with E-state index in [2.05, 4.69) is 17.5 Å². The van der Waals surface area contributed by atoms with Gasteiger partial charge in [0.1, 0.15) is 0 Å². The van der Waals surface area contributed by atoms with Crippen molar-refractivity contribution in [3.05, 3.63) is 0 Å². The van der Waals surface area contributed by atoms with Gasteiger partial charge in [0.2, 0.25) is 0 Å². The molecule has 80 valence electrons. The largest absolute Gasteiger partial charge is 0.260 e. The predicted octanol–water partition coefficient (Wildman–Crippen LogP) is 3.47. The number of thiol groups is 1. The Balaban J connectivity index is 2.36. The lowest BCUT2D eigenvalue weighted by molar-refractivity contribution is 0.375. The first-order chi connectivity index (χ1) is 6.17. The lowest BCUT2D eigenvalue weighted by atomic mass is 10.2. The average Bonchev–Trinajstić information content (AvgIpc) is 2.16. The molecule has 13 heavy (non-hydrogen) atoms. The van der Waals surface area contributed by atoms with Gasteiger partial charge in [0.05, 0.1) is 0 Å². The van der Waals surface area contributed by atoms with Crippen molar-refractivity contribution in [3.63, 3.8) is 0 Å². The molecule has 0 bridgehead atoms. The molecule has 0 aliphatic carbocycles. The Bertz CT molecular complexity index is 142. The molecule has 1 fully saturated rings. The average molecular weight is 221 g/mol. The van der Waals surface area contributed by atoms with E-state index in [1.165, 1.54) is 50.9 Å².